The number of anilines is 3. The first-order chi connectivity index (χ1) is 16.0. The minimum Gasteiger partial charge on any atom is -0.493 e. The third-order valence-corrected chi connectivity index (χ3v) is 6.38. The molecule has 33 heavy (non-hydrogen) atoms. The molecule has 0 atom stereocenters. The van der Waals surface area contributed by atoms with Crippen molar-refractivity contribution >= 4 is 33.2 Å². The summed E-state index contributed by atoms with van der Waals surface area (Å²) in [5, 5.41) is 12.5. The molecule has 4 rings (SSSR count). The van der Waals surface area contributed by atoms with Crippen LogP contribution < -0.4 is 29.3 Å². The predicted molar refractivity (Wildman–Crippen MR) is 130 cm³/mol. The van der Waals surface area contributed by atoms with Gasteiger partial charge in [0.1, 0.15) is 0 Å². The Morgan fingerprint density at radius 3 is 2.21 bits per heavy atom. The molecule has 174 valence electrons. The highest BCUT2D eigenvalue weighted by Gasteiger charge is 2.22. The zero-order valence-corrected chi connectivity index (χ0v) is 19.9. The quantitative estimate of drug-likeness (QED) is 0.563. The molecule has 9 nitrogen and oxygen atoms in total. The third-order valence-electron chi connectivity index (χ3n) is 5.48. The minimum atomic E-state index is -0.332. The number of rotatable bonds is 7. The molecule has 10 heteroatoms. The largest absolute Gasteiger partial charge is 0.493 e. The molecule has 0 saturated carbocycles. The van der Waals surface area contributed by atoms with Gasteiger partial charge < -0.3 is 24.0 Å². The van der Waals surface area contributed by atoms with Gasteiger partial charge in [-0.25, -0.2) is 0 Å². The summed E-state index contributed by atoms with van der Waals surface area (Å²) in [5.74, 6) is 0.915. The van der Waals surface area contributed by atoms with E-state index in [9.17, 15) is 4.79 Å². The lowest BCUT2D eigenvalue weighted by atomic mass is 10.1. The molecule has 1 amide bonds. The number of amides is 1. The Morgan fingerprint density at radius 1 is 0.939 bits per heavy atom. The van der Waals surface area contributed by atoms with Crippen LogP contribution in [0.25, 0.3) is 0 Å². The van der Waals surface area contributed by atoms with E-state index in [-0.39, 0.29) is 5.91 Å². The van der Waals surface area contributed by atoms with Crippen molar-refractivity contribution in [2.24, 2.45) is 0 Å². The molecule has 1 aromatic heterocycles. The summed E-state index contributed by atoms with van der Waals surface area (Å²) in [7, 11) is 4.53. The number of piperazine rings is 1. The van der Waals surface area contributed by atoms with Crippen molar-refractivity contribution in [1.29, 1.82) is 0 Å². The number of carbonyl (C=O) groups excluding carboxylic acids is 1. The number of aryl methyl sites for hydroxylation is 1. The molecule has 1 aliphatic rings. The van der Waals surface area contributed by atoms with Gasteiger partial charge in [-0.1, -0.05) is 23.5 Å². The molecular formula is C23H27N5O4S. The third kappa shape index (κ3) is 4.95. The Kier molecular flexibility index (Phi) is 6.83. The second-order valence-electron chi connectivity index (χ2n) is 7.57. The zero-order chi connectivity index (χ0) is 23.4. The van der Waals surface area contributed by atoms with Crippen LogP contribution in [0.2, 0.25) is 0 Å². The van der Waals surface area contributed by atoms with Gasteiger partial charge in [-0.3, -0.25) is 10.1 Å². The molecule has 1 fully saturated rings. The fraction of sp³-hybridized carbons (Fsp3) is 0.348. The lowest BCUT2D eigenvalue weighted by Gasteiger charge is -2.35. The number of aromatic nitrogens is 2. The lowest BCUT2D eigenvalue weighted by molar-refractivity contribution is 0.102. The van der Waals surface area contributed by atoms with E-state index in [1.807, 2.05) is 0 Å². The van der Waals surface area contributed by atoms with Gasteiger partial charge in [0.15, 0.2) is 11.5 Å². The number of methoxy groups -OCH3 is 3. The molecule has 0 bridgehead atoms. The normalized spacial score (nSPS) is 13.6. The highest BCUT2D eigenvalue weighted by molar-refractivity contribution is 7.19. The molecule has 0 spiro atoms. The fourth-order valence-electron chi connectivity index (χ4n) is 3.76. The molecule has 2 heterocycles. The van der Waals surface area contributed by atoms with Gasteiger partial charge in [0.2, 0.25) is 16.0 Å². The number of hydrogen-bond donors (Lipinski definition) is 1. The maximum atomic E-state index is 12.8. The summed E-state index contributed by atoms with van der Waals surface area (Å²) in [6.45, 7) is 5.58. The fourth-order valence-corrected chi connectivity index (χ4v) is 4.55. The van der Waals surface area contributed by atoms with Crippen LogP contribution in [0.3, 0.4) is 0 Å². The number of ether oxygens (including phenoxy) is 3. The highest BCUT2D eigenvalue weighted by Crippen LogP contribution is 2.38. The Morgan fingerprint density at radius 2 is 1.61 bits per heavy atom. The molecule has 0 radical (unpaired) electrons. The Balaban J connectivity index is 1.41. The lowest BCUT2D eigenvalue weighted by Crippen LogP contribution is -2.46. The average Bonchev–Trinajstić information content (AvgIpc) is 3.31. The Bertz CT molecular complexity index is 1100. The van der Waals surface area contributed by atoms with Gasteiger partial charge in [-0.2, -0.15) is 0 Å². The van der Waals surface area contributed by atoms with Gasteiger partial charge in [-0.05, 0) is 36.8 Å². The molecule has 2 aromatic carbocycles. The van der Waals surface area contributed by atoms with Crippen LogP contribution in [0.5, 0.6) is 17.2 Å². The molecular weight excluding hydrogens is 442 g/mol. The van der Waals surface area contributed by atoms with Gasteiger partial charge in [0.25, 0.3) is 5.91 Å². The summed E-state index contributed by atoms with van der Waals surface area (Å²) in [4.78, 5) is 17.4. The van der Waals surface area contributed by atoms with E-state index in [2.05, 4.69) is 56.5 Å². The first kappa shape index (κ1) is 22.7. The summed E-state index contributed by atoms with van der Waals surface area (Å²) >= 11 is 1.36. The molecule has 1 aliphatic heterocycles. The van der Waals surface area contributed by atoms with E-state index in [1.54, 1.807) is 12.1 Å². The molecule has 1 saturated heterocycles. The van der Waals surface area contributed by atoms with E-state index in [0.717, 1.165) is 31.3 Å². The van der Waals surface area contributed by atoms with E-state index in [0.29, 0.717) is 27.9 Å². The number of benzene rings is 2. The standard InChI is InChI=1S/C23H27N5O4S/c1-15-6-5-7-17(12-15)27-8-10-28(11-9-27)23-26-25-22(33-23)24-21(29)16-13-18(30-2)20(32-4)19(14-16)31-3/h5-7,12-14H,8-11H2,1-4H3,(H,24,25,29). The number of nitrogens with one attached hydrogen (secondary N) is 1. The van der Waals surface area contributed by atoms with E-state index in [4.69, 9.17) is 14.2 Å². The van der Waals surface area contributed by atoms with E-state index >= 15 is 0 Å². The summed E-state index contributed by atoms with van der Waals surface area (Å²) < 4.78 is 16.0. The first-order valence-corrected chi connectivity index (χ1v) is 11.4. The second kappa shape index (κ2) is 9.95. The van der Waals surface area contributed by atoms with Crippen molar-refractivity contribution in [2.45, 2.75) is 6.92 Å². The van der Waals surface area contributed by atoms with Crippen molar-refractivity contribution in [3.05, 3.63) is 47.5 Å². The van der Waals surface area contributed by atoms with Gasteiger partial charge in [0, 0.05) is 37.4 Å². The van der Waals surface area contributed by atoms with Gasteiger partial charge >= 0.3 is 0 Å². The second-order valence-corrected chi connectivity index (χ2v) is 8.53. The van der Waals surface area contributed by atoms with Crippen LogP contribution in [0.4, 0.5) is 16.0 Å². The molecule has 3 aromatic rings. The summed E-state index contributed by atoms with van der Waals surface area (Å²) in [5.41, 5.74) is 2.87. The topological polar surface area (TPSA) is 89.0 Å². The van der Waals surface area contributed by atoms with Crippen LogP contribution >= 0.6 is 11.3 Å². The van der Waals surface area contributed by atoms with Crippen molar-refractivity contribution < 1.29 is 19.0 Å². The Labute approximate surface area is 196 Å². The Hall–Kier alpha value is -3.53. The smallest absolute Gasteiger partial charge is 0.257 e. The summed E-state index contributed by atoms with van der Waals surface area (Å²) in [6.07, 6.45) is 0. The van der Waals surface area contributed by atoms with E-state index in [1.165, 1.54) is 43.9 Å². The highest BCUT2D eigenvalue weighted by atomic mass is 32.1. The average molecular weight is 470 g/mol. The summed E-state index contributed by atoms with van der Waals surface area (Å²) in [6, 6.07) is 11.7. The van der Waals surface area contributed by atoms with Crippen LogP contribution in [0.1, 0.15) is 15.9 Å². The van der Waals surface area contributed by atoms with E-state index < -0.39 is 0 Å². The maximum absolute atomic E-state index is 12.8. The number of hydrogen-bond acceptors (Lipinski definition) is 9. The molecule has 1 N–H and O–H groups in total. The predicted octanol–water partition coefficient (Wildman–Crippen LogP) is 3.45. The van der Waals surface area contributed by atoms with Crippen LogP contribution in [0.15, 0.2) is 36.4 Å². The van der Waals surface area contributed by atoms with Crippen LogP contribution in [-0.2, 0) is 0 Å². The number of carbonyl (C=O) groups is 1. The zero-order valence-electron chi connectivity index (χ0n) is 19.1. The first-order valence-electron chi connectivity index (χ1n) is 10.5. The van der Waals surface area contributed by atoms with Crippen molar-refractivity contribution in [3.63, 3.8) is 0 Å². The maximum Gasteiger partial charge on any atom is 0.257 e. The molecule has 0 aliphatic carbocycles. The van der Waals surface area contributed by atoms with Crippen LogP contribution in [-0.4, -0.2) is 63.6 Å². The van der Waals surface area contributed by atoms with Crippen LogP contribution in [0, 0.1) is 6.92 Å². The van der Waals surface area contributed by atoms with Crippen molar-refractivity contribution in [3.8, 4) is 17.2 Å². The SMILES string of the molecule is COc1cc(C(=O)Nc2nnc(N3CCN(c4cccc(C)c4)CC3)s2)cc(OC)c1OC. The van der Waals surface area contributed by atoms with Gasteiger partial charge in [-0.15, -0.1) is 10.2 Å². The minimum absolute atomic E-state index is 0.332. The molecule has 0 unspecified atom stereocenters. The monoisotopic (exact) mass is 469 g/mol. The van der Waals surface area contributed by atoms with Gasteiger partial charge in [0.05, 0.1) is 21.3 Å². The van der Waals surface area contributed by atoms with Crippen molar-refractivity contribution in [1.82, 2.24) is 10.2 Å². The number of nitrogens with zero attached hydrogens (tertiary/aromatic N) is 4. The van der Waals surface area contributed by atoms with Crippen molar-refractivity contribution in [2.75, 3.05) is 62.6 Å².